The van der Waals surface area contributed by atoms with Crippen LogP contribution in [0.3, 0.4) is 0 Å². The summed E-state index contributed by atoms with van der Waals surface area (Å²) in [5.41, 5.74) is 2.21. The minimum absolute atomic E-state index is 0. The van der Waals surface area contributed by atoms with Crippen LogP contribution in [0, 0.1) is 0 Å². The van der Waals surface area contributed by atoms with Gasteiger partial charge in [0, 0.05) is 44.8 Å². The molecule has 1 aromatic carbocycles. The molecular formula is C20H30ClN5O. The van der Waals surface area contributed by atoms with Crippen LogP contribution < -0.4 is 10.6 Å². The number of aryl methyl sites for hydroxylation is 1. The van der Waals surface area contributed by atoms with Crippen molar-refractivity contribution in [3.8, 4) is 0 Å². The Hall–Kier alpha value is -1.89. The van der Waals surface area contributed by atoms with Crippen molar-refractivity contribution in [1.29, 1.82) is 0 Å². The molecule has 1 unspecified atom stereocenters. The van der Waals surface area contributed by atoms with Gasteiger partial charge in [0.15, 0.2) is 0 Å². The lowest BCUT2D eigenvalue weighted by Crippen LogP contribution is -2.49. The van der Waals surface area contributed by atoms with Gasteiger partial charge in [-0.15, -0.1) is 12.4 Å². The molecule has 6 nitrogen and oxygen atoms in total. The fourth-order valence-electron chi connectivity index (χ4n) is 3.33. The smallest absolute Gasteiger partial charge is 0.238 e. The lowest BCUT2D eigenvalue weighted by atomic mass is 9.87. The highest BCUT2D eigenvalue weighted by molar-refractivity contribution is 5.92. The molecule has 148 valence electrons. The van der Waals surface area contributed by atoms with Crippen molar-refractivity contribution in [2.45, 2.75) is 32.2 Å². The molecule has 7 heteroatoms. The molecule has 1 aromatic heterocycles. The number of piperazine rings is 1. The van der Waals surface area contributed by atoms with Gasteiger partial charge in [-0.25, -0.2) is 4.98 Å². The molecular weight excluding hydrogens is 362 g/mol. The van der Waals surface area contributed by atoms with Crippen LogP contribution in [0.4, 0.5) is 5.69 Å². The van der Waals surface area contributed by atoms with Crippen LogP contribution in [0.25, 0.3) is 0 Å². The molecule has 2 N–H and O–H groups in total. The van der Waals surface area contributed by atoms with Crippen molar-refractivity contribution in [1.82, 2.24) is 19.8 Å². The number of amides is 1. The average Bonchev–Trinajstić information content (AvgIpc) is 3.01. The molecule has 1 aliphatic heterocycles. The molecule has 1 amide bonds. The molecule has 2 heterocycles. The van der Waals surface area contributed by atoms with Gasteiger partial charge in [0.05, 0.1) is 12.6 Å². The van der Waals surface area contributed by atoms with E-state index in [1.54, 1.807) is 6.20 Å². The van der Waals surface area contributed by atoms with Crippen LogP contribution in [-0.2, 0) is 17.3 Å². The Bertz CT molecular complexity index is 750. The number of benzene rings is 1. The molecule has 0 spiro atoms. The van der Waals surface area contributed by atoms with E-state index in [1.807, 2.05) is 29.9 Å². The maximum Gasteiger partial charge on any atom is 0.238 e. The minimum atomic E-state index is 0. The first kappa shape index (κ1) is 21.4. The number of hydrogen-bond acceptors (Lipinski definition) is 4. The summed E-state index contributed by atoms with van der Waals surface area (Å²) in [4.78, 5) is 19.2. The molecule has 1 fully saturated rings. The topological polar surface area (TPSA) is 62.2 Å². The molecule has 1 aliphatic rings. The van der Waals surface area contributed by atoms with Gasteiger partial charge >= 0.3 is 0 Å². The highest BCUT2D eigenvalue weighted by Crippen LogP contribution is 2.24. The predicted molar refractivity (Wildman–Crippen MR) is 111 cm³/mol. The van der Waals surface area contributed by atoms with Crippen molar-refractivity contribution in [3.05, 3.63) is 48.0 Å². The van der Waals surface area contributed by atoms with Crippen molar-refractivity contribution in [2.24, 2.45) is 7.05 Å². The van der Waals surface area contributed by atoms with Crippen molar-refractivity contribution >= 4 is 24.0 Å². The summed E-state index contributed by atoms with van der Waals surface area (Å²) in [5, 5.41) is 6.42. The zero-order chi connectivity index (χ0) is 18.7. The van der Waals surface area contributed by atoms with Crippen LogP contribution in [0.5, 0.6) is 0 Å². The zero-order valence-corrected chi connectivity index (χ0v) is 17.3. The van der Waals surface area contributed by atoms with Gasteiger partial charge in [-0.05, 0) is 23.1 Å². The van der Waals surface area contributed by atoms with E-state index in [2.05, 4.69) is 53.4 Å². The first-order valence-electron chi connectivity index (χ1n) is 9.17. The first-order valence-corrected chi connectivity index (χ1v) is 9.17. The summed E-state index contributed by atoms with van der Waals surface area (Å²) in [6.07, 6.45) is 3.75. The number of rotatable bonds is 4. The molecule has 0 radical (unpaired) electrons. The summed E-state index contributed by atoms with van der Waals surface area (Å²) >= 11 is 0. The van der Waals surface area contributed by atoms with E-state index in [0.717, 1.165) is 31.1 Å². The number of imidazole rings is 1. The number of carbonyl (C=O) groups excluding carboxylic acids is 1. The number of carbonyl (C=O) groups is 1. The third-order valence-corrected chi connectivity index (χ3v) is 4.89. The Kier molecular flexibility index (Phi) is 7.03. The molecule has 1 saturated heterocycles. The van der Waals surface area contributed by atoms with Crippen LogP contribution in [-0.4, -0.2) is 46.5 Å². The van der Waals surface area contributed by atoms with Crippen LogP contribution in [0.1, 0.15) is 38.2 Å². The SMILES string of the molecule is Cl.Cn1ccnc1C1CNCCN1CC(=O)Nc1ccc(C(C)(C)C)cc1. The monoisotopic (exact) mass is 391 g/mol. The van der Waals surface area contributed by atoms with Gasteiger partial charge in [0.25, 0.3) is 0 Å². The third-order valence-electron chi connectivity index (χ3n) is 4.89. The molecule has 0 aliphatic carbocycles. The maximum atomic E-state index is 12.6. The maximum absolute atomic E-state index is 12.6. The Morgan fingerprint density at radius 1 is 1.30 bits per heavy atom. The second-order valence-electron chi connectivity index (χ2n) is 7.96. The first-order chi connectivity index (χ1) is 12.3. The van der Waals surface area contributed by atoms with E-state index in [4.69, 9.17) is 0 Å². The second-order valence-corrected chi connectivity index (χ2v) is 7.96. The van der Waals surface area contributed by atoms with Crippen LogP contribution >= 0.6 is 12.4 Å². The van der Waals surface area contributed by atoms with Crippen molar-refractivity contribution in [2.75, 3.05) is 31.5 Å². The zero-order valence-electron chi connectivity index (χ0n) is 16.5. The summed E-state index contributed by atoms with van der Waals surface area (Å²) in [7, 11) is 1.99. The molecule has 27 heavy (non-hydrogen) atoms. The van der Waals surface area contributed by atoms with E-state index in [0.29, 0.717) is 6.54 Å². The number of anilines is 1. The minimum Gasteiger partial charge on any atom is -0.337 e. The second kappa shape index (κ2) is 8.87. The lowest BCUT2D eigenvalue weighted by molar-refractivity contribution is -0.118. The molecule has 3 rings (SSSR count). The Morgan fingerprint density at radius 2 is 2.00 bits per heavy atom. The third kappa shape index (κ3) is 5.31. The van der Waals surface area contributed by atoms with E-state index in [-0.39, 0.29) is 29.8 Å². The highest BCUT2D eigenvalue weighted by atomic mass is 35.5. The lowest BCUT2D eigenvalue weighted by Gasteiger charge is -2.35. The van der Waals surface area contributed by atoms with Gasteiger partial charge in [-0.3, -0.25) is 9.69 Å². The van der Waals surface area contributed by atoms with Gasteiger partial charge < -0.3 is 15.2 Å². The summed E-state index contributed by atoms with van der Waals surface area (Å²) in [6, 6.07) is 8.23. The number of halogens is 1. The number of aromatic nitrogens is 2. The fourth-order valence-corrected chi connectivity index (χ4v) is 3.33. The van der Waals surface area contributed by atoms with E-state index < -0.39 is 0 Å². The predicted octanol–water partition coefficient (Wildman–Crippen LogP) is 2.72. The molecule has 1 atom stereocenters. The number of nitrogens with zero attached hydrogens (tertiary/aromatic N) is 3. The summed E-state index contributed by atoms with van der Waals surface area (Å²) in [6.45, 7) is 9.43. The Morgan fingerprint density at radius 3 is 2.59 bits per heavy atom. The fraction of sp³-hybridized carbons (Fsp3) is 0.500. The Balaban J connectivity index is 0.00000261. The van der Waals surface area contributed by atoms with E-state index in [9.17, 15) is 4.79 Å². The number of hydrogen-bond donors (Lipinski definition) is 2. The largest absolute Gasteiger partial charge is 0.337 e. The van der Waals surface area contributed by atoms with Crippen molar-refractivity contribution < 1.29 is 4.79 Å². The number of nitrogens with one attached hydrogen (secondary N) is 2. The van der Waals surface area contributed by atoms with Crippen LogP contribution in [0.15, 0.2) is 36.7 Å². The quantitative estimate of drug-likeness (QED) is 0.841. The van der Waals surface area contributed by atoms with Gasteiger partial charge in [0.2, 0.25) is 5.91 Å². The molecule has 0 bridgehead atoms. The van der Waals surface area contributed by atoms with Gasteiger partial charge in [-0.2, -0.15) is 0 Å². The summed E-state index contributed by atoms with van der Waals surface area (Å²) in [5.74, 6) is 0.995. The average molecular weight is 392 g/mol. The van der Waals surface area contributed by atoms with Crippen molar-refractivity contribution in [3.63, 3.8) is 0 Å². The van der Waals surface area contributed by atoms with Gasteiger partial charge in [0.1, 0.15) is 5.82 Å². The van der Waals surface area contributed by atoms with Gasteiger partial charge in [-0.1, -0.05) is 32.9 Å². The highest BCUT2D eigenvalue weighted by Gasteiger charge is 2.28. The normalized spacial score (nSPS) is 18.0. The standard InChI is InChI=1S/C20H29N5O.ClH/c1-20(2,3)15-5-7-16(8-6-15)23-18(26)14-25-12-9-21-13-17(25)19-22-10-11-24(19)4;/h5-8,10-11,17,21H,9,12-14H2,1-4H3,(H,23,26);1H. The Labute approximate surface area is 167 Å². The molecule has 2 aromatic rings. The summed E-state index contributed by atoms with van der Waals surface area (Å²) < 4.78 is 2.02. The van der Waals surface area contributed by atoms with E-state index >= 15 is 0 Å². The van der Waals surface area contributed by atoms with E-state index in [1.165, 1.54) is 5.56 Å². The molecule has 0 saturated carbocycles. The van der Waals surface area contributed by atoms with Crippen LogP contribution in [0.2, 0.25) is 0 Å².